The van der Waals surface area contributed by atoms with Crippen molar-refractivity contribution in [2.24, 2.45) is 0 Å². The van der Waals surface area contributed by atoms with E-state index in [0.717, 1.165) is 5.56 Å². The Morgan fingerprint density at radius 3 is 2.41 bits per heavy atom. The van der Waals surface area contributed by atoms with Crippen LogP contribution in [0.2, 0.25) is 10.0 Å². The van der Waals surface area contributed by atoms with E-state index < -0.39 is 10.0 Å². The molecule has 8 nitrogen and oxygen atoms in total. The number of hydrogen-bond acceptors (Lipinski definition) is 6. The predicted molar refractivity (Wildman–Crippen MR) is 124 cm³/mol. The summed E-state index contributed by atoms with van der Waals surface area (Å²) in [6.07, 6.45) is 1.64. The van der Waals surface area contributed by atoms with Crippen LogP contribution in [0, 0.1) is 0 Å². The summed E-state index contributed by atoms with van der Waals surface area (Å²) in [5, 5.41) is 5.73. The van der Waals surface area contributed by atoms with E-state index in [1.165, 1.54) is 4.31 Å². The first kappa shape index (κ1) is 21.1. The molecule has 0 unspecified atom stereocenters. The molecule has 1 aliphatic heterocycles. The Balaban J connectivity index is 1.41. The van der Waals surface area contributed by atoms with Gasteiger partial charge < -0.3 is 4.90 Å². The third-order valence-electron chi connectivity index (χ3n) is 5.34. The minimum Gasteiger partial charge on any atom is -0.337 e. The number of halogens is 2. The lowest BCUT2D eigenvalue weighted by Crippen LogP contribution is -2.49. The zero-order chi connectivity index (χ0) is 22.3. The van der Waals surface area contributed by atoms with Crippen LogP contribution in [-0.2, 0) is 10.0 Å². The summed E-state index contributed by atoms with van der Waals surface area (Å²) in [4.78, 5) is 11.1. The van der Waals surface area contributed by atoms with Gasteiger partial charge in [0.15, 0.2) is 0 Å². The standard InChI is InChI=1S/C21H18Cl2N6O2S/c22-15-6-7-18(23)17(14-15)19-8-9-24-20-25-21(26-29(19)20)27-10-12-28(13-11-27)32(30,31)16-4-2-1-3-5-16/h1-9,14H,10-13H2. The molecule has 0 saturated carbocycles. The van der Waals surface area contributed by atoms with Crippen LogP contribution in [0.3, 0.4) is 0 Å². The first-order chi connectivity index (χ1) is 15.4. The Morgan fingerprint density at radius 2 is 1.66 bits per heavy atom. The summed E-state index contributed by atoms with van der Waals surface area (Å²) >= 11 is 12.5. The fourth-order valence-electron chi connectivity index (χ4n) is 3.69. The molecule has 3 heterocycles. The molecular weight excluding hydrogens is 471 g/mol. The molecule has 0 amide bonds. The zero-order valence-corrected chi connectivity index (χ0v) is 19.1. The lowest BCUT2D eigenvalue weighted by molar-refractivity contribution is 0.382. The summed E-state index contributed by atoms with van der Waals surface area (Å²) in [5.74, 6) is 0.910. The number of hydrogen-bond donors (Lipinski definition) is 0. The number of aromatic nitrogens is 4. The number of piperazine rings is 1. The number of benzene rings is 2. The van der Waals surface area contributed by atoms with Crippen LogP contribution in [-0.4, -0.2) is 58.5 Å². The Kier molecular flexibility index (Phi) is 5.50. The van der Waals surface area contributed by atoms with Crippen LogP contribution in [0.25, 0.3) is 17.0 Å². The van der Waals surface area contributed by atoms with Gasteiger partial charge in [0.05, 0.1) is 15.6 Å². The lowest BCUT2D eigenvalue weighted by atomic mass is 10.1. The Hall–Kier alpha value is -2.72. The Bertz CT molecular complexity index is 1390. The van der Waals surface area contributed by atoms with Crippen LogP contribution in [0.15, 0.2) is 65.7 Å². The van der Waals surface area contributed by atoms with Crippen molar-refractivity contribution in [1.29, 1.82) is 0 Å². The molecule has 5 rings (SSSR count). The number of sulfonamides is 1. The van der Waals surface area contributed by atoms with E-state index in [4.69, 9.17) is 23.2 Å². The normalized spacial score (nSPS) is 15.4. The first-order valence-corrected chi connectivity index (χ1v) is 12.1. The van der Waals surface area contributed by atoms with Crippen molar-refractivity contribution in [3.8, 4) is 11.3 Å². The van der Waals surface area contributed by atoms with Crippen LogP contribution < -0.4 is 4.90 Å². The fourth-order valence-corrected chi connectivity index (χ4v) is 5.51. The van der Waals surface area contributed by atoms with Crippen LogP contribution >= 0.6 is 23.2 Å². The van der Waals surface area contributed by atoms with Gasteiger partial charge >= 0.3 is 0 Å². The highest BCUT2D eigenvalue weighted by atomic mass is 35.5. The Labute approximate surface area is 195 Å². The van der Waals surface area contributed by atoms with E-state index in [-0.39, 0.29) is 0 Å². The highest BCUT2D eigenvalue weighted by Crippen LogP contribution is 2.31. The minimum atomic E-state index is -3.52. The molecule has 1 aliphatic rings. The maximum atomic E-state index is 12.9. The van der Waals surface area contributed by atoms with Crippen LogP contribution in [0.4, 0.5) is 5.95 Å². The summed E-state index contributed by atoms with van der Waals surface area (Å²) in [7, 11) is -3.52. The van der Waals surface area contributed by atoms with Gasteiger partial charge in [0.1, 0.15) is 0 Å². The van der Waals surface area contributed by atoms with E-state index in [1.807, 2.05) is 4.90 Å². The minimum absolute atomic E-state index is 0.298. The molecule has 0 radical (unpaired) electrons. The van der Waals surface area contributed by atoms with Crippen molar-refractivity contribution in [3.63, 3.8) is 0 Å². The predicted octanol–water partition coefficient (Wildman–Crippen LogP) is 3.61. The molecule has 0 spiro atoms. The smallest absolute Gasteiger partial charge is 0.254 e. The highest BCUT2D eigenvalue weighted by Gasteiger charge is 2.29. The van der Waals surface area contributed by atoms with Gasteiger partial charge in [-0.05, 0) is 36.4 Å². The van der Waals surface area contributed by atoms with Crippen molar-refractivity contribution < 1.29 is 8.42 Å². The molecule has 0 bridgehead atoms. The largest absolute Gasteiger partial charge is 0.337 e. The summed E-state index contributed by atoms with van der Waals surface area (Å²) in [6, 6.07) is 15.5. The number of fused-ring (bicyclic) bond motifs is 1. The maximum absolute atomic E-state index is 12.9. The Morgan fingerprint density at radius 1 is 0.906 bits per heavy atom. The third-order valence-corrected chi connectivity index (χ3v) is 7.81. The van der Waals surface area contributed by atoms with E-state index >= 15 is 0 Å². The van der Waals surface area contributed by atoms with E-state index in [1.54, 1.807) is 65.3 Å². The second-order valence-corrected chi connectivity index (χ2v) is 10.1. The zero-order valence-electron chi connectivity index (χ0n) is 16.8. The molecule has 0 N–H and O–H groups in total. The van der Waals surface area contributed by atoms with Crippen molar-refractivity contribution in [1.82, 2.24) is 23.9 Å². The van der Waals surface area contributed by atoms with Crippen LogP contribution in [0.1, 0.15) is 0 Å². The molecule has 32 heavy (non-hydrogen) atoms. The molecule has 11 heteroatoms. The molecular formula is C21H18Cl2N6O2S. The quantitative estimate of drug-likeness (QED) is 0.436. The lowest BCUT2D eigenvalue weighted by Gasteiger charge is -2.33. The van der Waals surface area contributed by atoms with Gasteiger partial charge in [-0.15, -0.1) is 5.10 Å². The molecule has 0 atom stereocenters. The highest BCUT2D eigenvalue weighted by molar-refractivity contribution is 7.89. The molecule has 1 saturated heterocycles. The van der Waals surface area contributed by atoms with Crippen LogP contribution in [0.5, 0.6) is 0 Å². The van der Waals surface area contributed by atoms with Gasteiger partial charge in [-0.25, -0.2) is 13.4 Å². The SMILES string of the molecule is O=S(=O)(c1ccccc1)N1CCN(c2nc3nccc(-c4cc(Cl)ccc4Cl)n3n2)CC1. The number of nitrogens with zero attached hydrogens (tertiary/aromatic N) is 6. The second kappa shape index (κ2) is 8.32. The van der Waals surface area contributed by atoms with Gasteiger partial charge in [-0.1, -0.05) is 41.4 Å². The van der Waals surface area contributed by atoms with E-state index in [0.29, 0.717) is 58.5 Å². The molecule has 2 aromatic carbocycles. The van der Waals surface area contributed by atoms with E-state index in [2.05, 4.69) is 15.1 Å². The first-order valence-electron chi connectivity index (χ1n) is 9.91. The van der Waals surface area contributed by atoms with Crippen molar-refractivity contribution in [2.75, 3.05) is 31.1 Å². The van der Waals surface area contributed by atoms with E-state index in [9.17, 15) is 8.42 Å². The van der Waals surface area contributed by atoms with Crippen molar-refractivity contribution >= 4 is 45.0 Å². The van der Waals surface area contributed by atoms with Gasteiger partial charge in [0.25, 0.3) is 5.78 Å². The van der Waals surface area contributed by atoms with Crippen molar-refractivity contribution in [3.05, 3.63) is 70.8 Å². The summed E-state index contributed by atoms with van der Waals surface area (Å²) in [6.45, 7) is 1.62. The average Bonchev–Trinajstić information content (AvgIpc) is 3.26. The average molecular weight is 489 g/mol. The van der Waals surface area contributed by atoms with Gasteiger partial charge in [-0.2, -0.15) is 13.8 Å². The second-order valence-electron chi connectivity index (χ2n) is 7.28. The summed E-state index contributed by atoms with van der Waals surface area (Å²) < 4.78 is 28.9. The molecule has 1 fully saturated rings. The molecule has 164 valence electrons. The number of rotatable bonds is 4. The third kappa shape index (κ3) is 3.81. The maximum Gasteiger partial charge on any atom is 0.254 e. The topological polar surface area (TPSA) is 83.7 Å². The van der Waals surface area contributed by atoms with Gasteiger partial charge in [0.2, 0.25) is 16.0 Å². The monoisotopic (exact) mass is 488 g/mol. The van der Waals surface area contributed by atoms with Gasteiger partial charge in [-0.3, -0.25) is 0 Å². The van der Waals surface area contributed by atoms with Gasteiger partial charge in [0, 0.05) is 43.0 Å². The summed E-state index contributed by atoms with van der Waals surface area (Å²) in [5.41, 5.74) is 1.44. The molecule has 0 aliphatic carbocycles. The number of anilines is 1. The van der Waals surface area contributed by atoms with Crippen molar-refractivity contribution in [2.45, 2.75) is 4.90 Å². The molecule has 4 aromatic rings. The molecule has 2 aromatic heterocycles. The fraction of sp³-hybridized carbons (Fsp3) is 0.190.